The summed E-state index contributed by atoms with van der Waals surface area (Å²) in [5, 5.41) is 12.6. The third kappa shape index (κ3) is 2.78. The number of nitriles is 1. The summed E-state index contributed by atoms with van der Waals surface area (Å²) in [4.78, 5) is 8.68. The van der Waals surface area contributed by atoms with E-state index in [4.69, 9.17) is 5.26 Å². The average Bonchev–Trinajstić information content (AvgIpc) is 2.78. The number of pyridine rings is 1. The van der Waals surface area contributed by atoms with Gasteiger partial charge in [0.05, 0.1) is 6.20 Å². The van der Waals surface area contributed by atoms with Gasteiger partial charge in [-0.05, 0) is 24.1 Å². The van der Waals surface area contributed by atoms with Gasteiger partial charge in [-0.15, -0.1) is 0 Å². The van der Waals surface area contributed by atoms with Crippen molar-refractivity contribution >= 4 is 16.5 Å². The number of rotatable bonds is 4. The van der Waals surface area contributed by atoms with Crippen molar-refractivity contribution in [1.82, 2.24) is 9.97 Å². The van der Waals surface area contributed by atoms with E-state index in [0.717, 1.165) is 18.1 Å². The van der Waals surface area contributed by atoms with Gasteiger partial charge in [-0.1, -0.05) is 11.3 Å². The molecule has 0 bridgehead atoms. The van der Waals surface area contributed by atoms with Crippen LogP contribution in [0.4, 0.5) is 5.13 Å². The van der Waals surface area contributed by atoms with Crippen molar-refractivity contribution in [3.63, 3.8) is 0 Å². The Morgan fingerprint density at radius 3 is 2.88 bits per heavy atom. The molecule has 0 atom stereocenters. The molecule has 0 fully saturated rings. The fraction of sp³-hybridized carbons (Fsp3) is 0.182. The lowest BCUT2D eigenvalue weighted by Gasteiger charge is -2.01. The Morgan fingerprint density at radius 1 is 1.38 bits per heavy atom. The van der Waals surface area contributed by atoms with Gasteiger partial charge in [0.25, 0.3) is 0 Å². The molecule has 0 radical (unpaired) electrons. The second-order valence-electron chi connectivity index (χ2n) is 3.17. The highest BCUT2D eigenvalue weighted by atomic mass is 32.1. The predicted octanol–water partition coefficient (Wildman–Crippen LogP) is 2.06. The van der Waals surface area contributed by atoms with Gasteiger partial charge in [0.1, 0.15) is 10.9 Å². The molecular weight excluding hydrogens is 220 g/mol. The van der Waals surface area contributed by atoms with E-state index in [1.807, 2.05) is 12.1 Å². The lowest BCUT2D eigenvalue weighted by Crippen LogP contribution is -2.04. The largest absolute Gasteiger partial charge is 0.361 e. The molecule has 0 spiro atoms. The van der Waals surface area contributed by atoms with Crippen LogP contribution in [-0.4, -0.2) is 16.5 Å². The summed E-state index contributed by atoms with van der Waals surface area (Å²) in [6.45, 7) is 0.808. The second-order valence-corrected chi connectivity index (χ2v) is 4.20. The van der Waals surface area contributed by atoms with E-state index in [2.05, 4.69) is 21.4 Å². The summed E-state index contributed by atoms with van der Waals surface area (Å²) in [5.74, 6) is 0. The molecule has 0 saturated heterocycles. The quantitative estimate of drug-likeness (QED) is 0.873. The Labute approximate surface area is 97.6 Å². The molecule has 0 unspecified atom stereocenters. The van der Waals surface area contributed by atoms with Gasteiger partial charge in [0, 0.05) is 18.9 Å². The summed E-state index contributed by atoms with van der Waals surface area (Å²) in [6, 6.07) is 6.04. The van der Waals surface area contributed by atoms with Crippen LogP contribution in [0.25, 0.3) is 0 Å². The number of hydrogen-bond acceptors (Lipinski definition) is 5. The minimum Gasteiger partial charge on any atom is -0.361 e. The summed E-state index contributed by atoms with van der Waals surface area (Å²) < 4.78 is 0. The Bertz CT molecular complexity index is 486. The topological polar surface area (TPSA) is 61.6 Å². The van der Waals surface area contributed by atoms with Crippen molar-refractivity contribution in [2.75, 3.05) is 11.9 Å². The lowest BCUT2D eigenvalue weighted by atomic mass is 10.2. The lowest BCUT2D eigenvalue weighted by molar-refractivity contribution is 1.01. The van der Waals surface area contributed by atoms with E-state index >= 15 is 0 Å². The van der Waals surface area contributed by atoms with E-state index in [0.29, 0.717) is 4.88 Å². The van der Waals surface area contributed by atoms with Crippen molar-refractivity contribution in [3.05, 3.63) is 41.2 Å². The smallest absolute Gasteiger partial charge is 0.183 e. The molecule has 16 heavy (non-hydrogen) atoms. The molecule has 1 N–H and O–H groups in total. The molecule has 2 aromatic heterocycles. The van der Waals surface area contributed by atoms with E-state index in [1.54, 1.807) is 18.6 Å². The Kier molecular flexibility index (Phi) is 3.46. The van der Waals surface area contributed by atoms with Crippen LogP contribution in [0.5, 0.6) is 0 Å². The van der Waals surface area contributed by atoms with Crippen LogP contribution in [-0.2, 0) is 6.42 Å². The summed E-state index contributed by atoms with van der Waals surface area (Å²) >= 11 is 1.37. The molecule has 0 aliphatic rings. The van der Waals surface area contributed by atoms with Crippen LogP contribution in [0.15, 0.2) is 30.7 Å². The molecule has 2 rings (SSSR count). The maximum Gasteiger partial charge on any atom is 0.183 e. The van der Waals surface area contributed by atoms with Crippen molar-refractivity contribution in [1.29, 1.82) is 5.26 Å². The number of nitrogens with zero attached hydrogens (tertiary/aromatic N) is 3. The highest BCUT2D eigenvalue weighted by Gasteiger charge is 1.99. The van der Waals surface area contributed by atoms with Gasteiger partial charge >= 0.3 is 0 Å². The normalized spacial score (nSPS) is 9.69. The van der Waals surface area contributed by atoms with Gasteiger partial charge in [-0.3, -0.25) is 4.98 Å². The SMILES string of the molecule is N#Cc1cnc(NCCc2ccncc2)s1. The zero-order chi connectivity index (χ0) is 11.2. The summed E-state index contributed by atoms with van der Waals surface area (Å²) in [5.41, 5.74) is 1.24. The molecule has 5 heteroatoms. The van der Waals surface area contributed by atoms with Crippen LogP contribution in [0.2, 0.25) is 0 Å². The molecule has 2 aromatic rings. The van der Waals surface area contributed by atoms with E-state index in [1.165, 1.54) is 16.9 Å². The Morgan fingerprint density at radius 2 is 2.19 bits per heavy atom. The van der Waals surface area contributed by atoms with E-state index in [-0.39, 0.29) is 0 Å². The van der Waals surface area contributed by atoms with E-state index in [9.17, 15) is 0 Å². The van der Waals surface area contributed by atoms with Gasteiger partial charge in [0.15, 0.2) is 5.13 Å². The molecule has 0 aromatic carbocycles. The minimum absolute atomic E-state index is 0.631. The molecular formula is C11H10N4S. The average molecular weight is 230 g/mol. The summed E-state index contributed by atoms with van der Waals surface area (Å²) in [7, 11) is 0. The zero-order valence-corrected chi connectivity index (χ0v) is 9.37. The number of anilines is 1. The molecule has 4 nitrogen and oxygen atoms in total. The summed E-state index contributed by atoms with van der Waals surface area (Å²) in [6.07, 6.45) is 6.07. The Hall–Kier alpha value is -1.93. The third-order valence-corrected chi connectivity index (χ3v) is 2.91. The van der Waals surface area contributed by atoms with Crippen LogP contribution < -0.4 is 5.32 Å². The van der Waals surface area contributed by atoms with Crippen LogP contribution in [0.1, 0.15) is 10.4 Å². The van der Waals surface area contributed by atoms with Crippen molar-refractivity contribution < 1.29 is 0 Å². The molecule has 80 valence electrons. The number of aromatic nitrogens is 2. The van der Waals surface area contributed by atoms with Crippen molar-refractivity contribution in [2.24, 2.45) is 0 Å². The maximum absolute atomic E-state index is 8.64. The van der Waals surface area contributed by atoms with Gasteiger partial charge in [0.2, 0.25) is 0 Å². The van der Waals surface area contributed by atoms with Crippen LogP contribution in [0.3, 0.4) is 0 Å². The van der Waals surface area contributed by atoms with Gasteiger partial charge < -0.3 is 5.32 Å². The number of nitrogens with one attached hydrogen (secondary N) is 1. The molecule has 0 aliphatic carbocycles. The monoisotopic (exact) mass is 230 g/mol. The maximum atomic E-state index is 8.64. The first-order valence-electron chi connectivity index (χ1n) is 4.87. The molecule has 0 amide bonds. The fourth-order valence-corrected chi connectivity index (χ4v) is 1.91. The number of hydrogen-bond donors (Lipinski definition) is 1. The molecule has 0 aliphatic heterocycles. The fourth-order valence-electron chi connectivity index (χ4n) is 1.27. The van der Waals surface area contributed by atoms with Crippen molar-refractivity contribution in [3.8, 4) is 6.07 Å². The second kappa shape index (κ2) is 5.24. The number of thiazole rings is 1. The molecule has 2 heterocycles. The Balaban J connectivity index is 1.83. The highest BCUT2D eigenvalue weighted by molar-refractivity contribution is 7.16. The van der Waals surface area contributed by atoms with Crippen LogP contribution in [0, 0.1) is 11.3 Å². The zero-order valence-electron chi connectivity index (χ0n) is 8.55. The highest BCUT2D eigenvalue weighted by Crippen LogP contribution is 2.16. The minimum atomic E-state index is 0.631. The first-order chi connectivity index (χ1) is 7.88. The standard InChI is InChI=1S/C11H10N4S/c12-7-10-8-15-11(16-10)14-6-3-9-1-4-13-5-2-9/h1-2,4-5,8H,3,6H2,(H,14,15). The van der Waals surface area contributed by atoms with Crippen LogP contribution >= 0.6 is 11.3 Å². The van der Waals surface area contributed by atoms with Crippen molar-refractivity contribution in [2.45, 2.75) is 6.42 Å². The predicted molar refractivity (Wildman–Crippen MR) is 63.3 cm³/mol. The van der Waals surface area contributed by atoms with E-state index < -0.39 is 0 Å². The van der Waals surface area contributed by atoms with Gasteiger partial charge in [-0.2, -0.15) is 5.26 Å². The van der Waals surface area contributed by atoms with Gasteiger partial charge in [-0.25, -0.2) is 4.98 Å². The first kappa shape index (κ1) is 10.6. The third-order valence-electron chi connectivity index (χ3n) is 2.06. The molecule has 0 saturated carbocycles. The first-order valence-corrected chi connectivity index (χ1v) is 5.69.